The second-order valence-electron chi connectivity index (χ2n) is 6.37. The lowest BCUT2D eigenvalue weighted by Crippen LogP contribution is -2.43. The fourth-order valence-electron chi connectivity index (χ4n) is 3.23. The SMILES string of the molecule is O=C(N[C@@H](Cc1c[nH]c2ccccc12)C(=O)O)c1n[nH]c(=O)c2ccccc12. The Bertz CT molecular complexity index is 1260. The first-order valence-electron chi connectivity index (χ1n) is 8.60. The molecule has 0 saturated heterocycles. The number of nitrogens with zero attached hydrogens (tertiary/aromatic N) is 1. The smallest absolute Gasteiger partial charge is 0.326 e. The minimum absolute atomic E-state index is 0.0274. The van der Waals surface area contributed by atoms with E-state index in [0.717, 1.165) is 16.5 Å². The maximum atomic E-state index is 12.7. The molecule has 140 valence electrons. The number of carboxylic acids is 1. The number of aromatic nitrogens is 3. The van der Waals surface area contributed by atoms with Gasteiger partial charge in [-0.05, 0) is 17.7 Å². The highest BCUT2D eigenvalue weighted by Gasteiger charge is 2.24. The minimum Gasteiger partial charge on any atom is -0.480 e. The summed E-state index contributed by atoms with van der Waals surface area (Å²) in [5.74, 6) is -1.83. The van der Waals surface area contributed by atoms with Crippen molar-refractivity contribution in [3.63, 3.8) is 0 Å². The van der Waals surface area contributed by atoms with Gasteiger partial charge in [-0.15, -0.1) is 0 Å². The second kappa shape index (κ2) is 6.99. The Labute approximate surface area is 158 Å². The molecule has 0 aliphatic rings. The summed E-state index contributed by atoms with van der Waals surface area (Å²) in [6, 6.07) is 12.9. The minimum atomic E-state index is -1.16. The molecule has 8 heteroatoms. The van der Waals surface area contributed by atoms with E-state index in [4.69, 9.17) is 0 Å². The Hall–Kier alpha value is -3.94. The second-order valence-corrected chi connectivity index (χ2v) is 6.37. The van der Waals surface area contributed by atoms with Gasteiger partial charge in [-0.1, -0.05) is 36.4 Å². The first kappa shape index (κ1) is 17.5. The molecule has 0 aliphatic carbocycles. The van der Waals surface area contributed by atoms with Crippen molar-refractivity contribution < 1.29 is 14.7 Å². The van der Waals surface area contributed by atoms with Gasteiger partial charge in [0.1, 0.15) is 6.04 Å². The standard InChI is InChI=1S/C20H16N4O4/c25-18-14-7-2-1-6-13(14)17(23-24-18)19(26)22-16(20(27)28)9-11-10-21-15-8-4-3-5-12(11)15/h1-8,10,16,21H,9H2,(H,22,26)(H,24,25)(H,27,28)/t16-/m0/s1. The topological polar surface area (TPSA) is 128 Å². The molecular formula is C20H16N4O4. The van der Waals surface area contributed by atoms with Crippen molar-refractivity contribution in [3.05, 3.63) is 76.3 Å². The van der Waals surface area contributed by atoms with E-state index in [-0.39, 0.29) is 12.1 Å². The predicted octanol–water partition coefficient (Wildman–Crippen LogP) is 1.83. The molecule has 0 saturated carbocycles. The van der Waals surface area contributed by atoms with Crippen LogP contribution in [0.3, 0.4) is 0 Å². The van der Waals surface area contributed by atoms with E-state index >= 15 is 0 Å². The molecule has 2 aromatic carbocycles. The summed E-state index contributed by atoms with van der Waals surface area (Å²) in [7, 11) is 0. The van der Waals surface area contributed by atoms with Crippen LogP contribution >= 0.6 is 0 Å². The number of aliphatic carboxylic acids is 1. The van der Waals surface area contributed by atoms with Gasteiger partial charge in [-0.3, -0.25) is 9.59 Å². The third-order valence-corrected chi connectivity index (χ3v) is 4.61. The molecule has 4 rings (SSSR count). The van der Waals surface area contributed by atoms with E-state index in [1.807, 2.05) is 24.3 Å². The van der Waals surface area contributed by atoms with Crippen LogP contribution in [0.15, 0.2) is 59.5 Å². The Balaban J connectivity index is 1.64. The highest BCUT2D eigenvalue weighted by atomic mass is 16.4. The molecule has 8 nitrogen and oxygen atoms in total. The van der Waals surface area contributed by atoms with Gasteiger partial charge in [-0.2, -0.15) is 5.10 Å². The summed E-state index contributed by atoms with van der Waals surface area (Å²) in [6.07, 6.45) is 1.84. The van der Waals surface area contributed by atoms with Crippen LogP contribution in [0.25, 0.3) is 21.7 Å². The molecule has 0 fully saturated rings. The number of fused-ring (bicyclic) bond motifs is 2. The maximum Gasteiger partial charge on any atom is 0.326 e. The van der Waals surface area contributed by atoms with Gasteiger partial charge in [0.15, 0.2) is 5.69 Å². The number of hydrogen-bond acceptors (Lipinski definition) is 4. The van der Waals surface area contributed by atoms with Crippen LogP contribution in [0.2, 0.25) is 0 Å². The van der Waals surface area contributed by atoms with Gasteiger partial charge in [0.05, 0.1) is 5.39 Å². The van der Waals surface area contributed by atoms with E-state index in [0.29, 0.717) is 10.8 Å². The average Bonchev–Trinajstić information content (AvgIpc) is 3.11. The summed E-state index contributed by atoms with van der Waals surface area (Å²) in [5.41, 5.74) is 1.23. The molecular weight excluding hydrogens is 360 g/mol. The number of carboxylic acid groups (broad SMARTS) is 1. The molecule has 0 aliphatic heterocycles. The number of carbonyl (C=O) groups is 2. The average molecular weight is 376 g/mol. The van der Waals surface area contributed by atoms with Crippen LogP contribution < -0.4 is 10.9 Å². The Kier molecular flexibility index (Phi) is 4.36. The number of aromatic amines is 2. The number of hydrogen-bond donors (Lipinski definition) is 4. The van der Waals surface area contributed by atoms with E-state index in [9.17, 15) is 19.5 Å². The van der Waals surface area contributed by atoms with Gasteiger partial charge in [-0.25, -0.2) is 9.89 Å². The molecule has 1 atom stereocenters. The van der Waals surface area contributed by atoms with Gasteiger partial charge in [0, 0.05) is 28.9 Å². The molecule has 28 heavy (non-hydrogen) atoms. The van der Waals surface area contributed by atoms with E-state index in [2.05, 4.69) is 20.5 Å². The molecule has 4 aromatic rings. The van der Waals surface area contributed by atoms with E-state index in [1.54, 1.807) is 30.5 Å². The highest BCUT2D eigenvalue weighted by Crippen LogP contribution is 2.19. The largest absolute Gasteiger partial charge is 0.480 e. The summed E-state index contributed by atoms with van der Waals surface area (Å²) < 4.78 is 0. The fraction of sp³-hybridized carbons (Fsp3) is 0.100. The number of amides is 1. The van der Waals surface area contributed by atoms with Gasteiger partial charge >= 0.3 is 5.97 Å². The summed E-state index contributed by atoms with van der Waals surface area (Å²) in [4.78, 5) is 39.4. The quantitative estimate of drug-likeness (QED) is 0.422. The van der Waals surface area contributed by atoms with Crippen molar-refractivity contribution in [2.24, 2.45) is 0 Å². The van der Waals surface area contributed by atoms with Crippen molar-refractivity contribution in [1.29, 1.82) is 0 Å². The number of rotatable bonds is 5. The molecule has 2 heterocycles. The Morgan fingerprint density at radius 3 is 2.46 bits per heavy atom. The number of para-hydroxylation sites is 1. The molecule has 0 unspecified atom stereocenters. The van der Waals surface area contributed by atoms with Crippen LogP contribution in [-0.2, 0) is 11.2 Å². The molecule has 2 aromatic heterocycles. The number of H-pyrrole nitrogens is 2. The van der Waals surface area contributed by atoms with Crippen LogP contribution in [0.4, 0.5) is 0 Å². The first-order valence-corrected chi connectivity index (χ1v) is 8.60. The Morgan fingerprint density at radius 2 is 1.71 bits per heavy atom. The van der Waals surface area contributed by atoms with Crippen LogP contribution in [0, 0.1) is 0 Å². The third kappa shape index (κ3) is 3.11. The van der Waals surface area contributed by atoms with Crippen molar-refractivity contribution in [2.75, 3.05) is 0 Å². The summed E-state index contributed by atoms with van der Waals surface area (Å²) in [5, 5.41) is 19.8. The Morgan fingerprint density at radius 1 is 1.04 bits per heavy atom. The normalized spacial score (nSPS) is 12.1. The molecule has 0 bridgehead atoms. The zero-order valence-corrected chi connectivity index (χ0v) is 14.6. The van der Waals surface area contributed by atoms with Crippen LogP contribution in [0.5, 0.6) is 0 Å². The number of benzene rings is 2. The highest BCUT2D eigenvalue weighted by molar-refractivity contribution is 6.05. The molecule has 0 radical (unpaired) electrons. The monoisotopic (exact) mass is 376 g/mol. The lowest BCUT2D eigenvalue weighted by Gasteiger charge is -2.14. The third-order valence-electron chi connectivity index (χ3n) is 4.61. The molecule has 0 spiro atoms. The van der Waals surface area contributed by atoms with Crippen LogP contribution in [0.1, 0.15) is 16.1 Å². The van der Waals surface area contributed by atoms with Gasteiger partial charge in [0.2, 0.25) is 0 Å². The fourth-order valence-corrected chi connectivity index (χ4v) is 3.23. The lowest BCUT2D eigenvalue weighted by molar-refractivity contribution is -0.139. The number of carbonyl (C=O) groups excluding carboxylic acids is 1. The summed E-state index contributed by atoms with van der Waals surface area (Å²) in [6.45, 7) is 0. The molecule has 1 amide bonds. The number of nitrogens with one attached hydrogen (secondary N) is 3. The van der Waals surface area contributed by atoms with Gasteiger partial charge in [0.25, 0.3) is 11.5 Å². The van der Waals surface area contributed by atoms with Crippen LogP contribution in [-0.4, -0.2) is 38.2 Å². The van der Waals surface area contributed by atoms with Crippen molar-refractivity contribution >= 4 is 33.6 Å². The zero-order valence-electron chi connectivity index (χ0n) is 14.6. The maximum absolute atomic E-state index is 12.7. The molecule has 4 N–H and O–H groups in total. The lowest BCUT2D eigenvalue weighted by atomic mass is 10.0. The first-order chi connectivity index (χ1) is 13.5. The van der Waals surface area contributed by atoms with E-state index < -0.39 is 23.5 Å². The predicted molar refractivity (Wildman–Crippen MR) is 103 cm³/mol. The van der Waals surface area contributed by atoms with E-state index in [1.165, 1.54) is 0 Å². The van der Waals surface area contributed by atoms with Crippen molar-refractivity contribution in [2.45, 2.75) is 12.5 Å². The summed E-state index contributed by atoms with van der Waals surface area (Å²) >= 11 is 0. The van der Waals surface area contributed by atoms with Crippen molar-refractivity contribution in [1.82, 2.24) is 20.5 Å². The van der Waals surface area contributed by atoms with Crippen molar-refractivity contribution in [3.8, 4) is 0 Å². The van der Waals surface area contributed by atoms with Gasteiger partial charge < -0.3 is 15.4 Å². The zero-order chi connectivity index (χ0) is 19.7.